The first-order valence-corrected chi connectivity index (χ1v) is 36.6. The third-order valence-corrected chi connectivity index (χ3v) is 19.4. The van der Waals surface area contributed by atoms with Crippen LogP contribution in [0.3, 0.4) is 0 Å². The van der Waals surface area contributed by atoms with Gasteiger partial charge in [0, 0.05) is 69.0 Å². The molecule has 29 heteroatoms. The van der Waals surface area contributed by atoms with Crippen LogP contribution in [0.5, 0.6) is 0 Å². The number of hydrogen-bond donors (Lipinski definition) is 5. The van der Waals surface area contributed by atoms with Crippen molar-refractivity contribution in [2.45, 2.75) is 254 Å². The second kappa shape index (κ2) is 43.4. The lowest BCUT2D eigenvalue weighted by molar-refractivity contribution is -0.157. The summed E-state index contributed by atoms with van der Waals surface area (Å²) in [5.74, 6) is -10.5. The standard InChI is InChI=1S/C72H130N12O17/c1-25-52-67(92)77(18)50(16)66(91)82(23)58(51(17)100-35-30-28-32-84-33-37-98-38-34-84)63(88)76-56(45(9)10)70(95)78(19)53(39-42(3)4)62(87)73-48(14)61(86)74-49(15)65(90)79(20)54(40-43(5)6)68(93)80(21)55(41-44(7)8)69(94)81(22)57(46(11)12)71(96)83(24)59(64(89)75-52)60(85)47(13)31-27-29-36-101-72(97)99-26-2/h42-60,85H,25-41H2,1-24H3,(H,73,87)(H,74,86)(H,75,89)(H,76,88)/t47-,48+,49-,50-,51-,52+,53+,54+,55+,56+,57+,58+,59+,60-/m1/s1. The number of unbranched alkanes of at least 4 members (excludes halogenated alkanes) is 2. The Morgan fingerprint density at radius 1 is 0.485 bits per heavy atom. The Balaban J connectivity index is 3.02. The lowest BCUT2D eigenvalue weighted by Gasteiger charge is -2.41. The van der Waals surface area contributed by atoms with Gasteiger partial charge in [0.15, 0.2) is 0 Å². The lowest BCUT2D eigenvalue weighted by Crippen LogP contribution is -2.64. The van der Waals surface area contributed by atoms with Crippen LogP contribution in [-0.4, -0.2) is 296 Å². The Labute approximate surface area is 602 Å². The van der Waals surface area contributed by atoms with Crippen molar-refractivity contribution < 1.29 is 81.6 Å². The predicted octanol–water partition coefficient (Wildman–Crippen LogP) is 3.51. The number of carbonyl (C=O) groups excluding carboxylic acids is 12. The number of nitrogens with one attached hydrogen (secondary N) is 4. The van der Waals surface area contributed by atoms with E-state index in [2.05, 4.69) is 26.2 Å². The Kier molecular flexibility index (Phi) is 38.8. The number of morpholine rings is 1. The average Bonchev–Trinajstić information content (AvgIpc) is 0.804. The highest BCUT2D eigenvalue weighted by Crippen LogP contribution is 2.27. The number of aliphatic hydroxyl groups is 1. The van der Waals surface area contributed by atoms with Crippen molar-refractivity contribution in [3.63, 3.8) is 0 Å². The SMILES string of the molecule is CCOC(=O)OCCCC[C@@H](C)[C@@H](O)[C@H]1C(=O)N[C@@H](CC)C(=O)N(C)[C@H](C)C(=O)N(C)[C@@H]([C@@H](C)OCCCCN2CCOCC2)C(=O)N[C@@H](C(C)C)C(=O)N(C)[C@@H](CC(C)C)C(=O)N[C@@H](C)C(=O)N[C@H](C)C(=O)N(C)[C@@H](CC(C)C)C(=O)N(C)[C@@H](CC(C)C)C(=O)N(C)[C@@H](C(C)C)C(=O)N1C. The van der Waals surface area contributed by atoms with Crippen molar-refractivity contribution in [3.8, 4) is 0 Å². The van der Waals surface area contributed by atoms with Gasteiger partial charge in [-0.25, -0.2) is 4.79 Å². The van der Waals surface area contributed by atoms with Gasteiger partial charge in [0.1, 0.15) is 66.5 Å². The van der Waals surface area contributed by atoms with Crippen LogP contribution in [0.15, 0.2) is 0 Å². The minimum absolute atomic E-state index is 0.00424. The molecule has 580 valence electrons. The zero-order valence-electron chi connectivity index (χ0n) is 65.5. The van der Waals surface area contributed by atoms with E-state index >= 15 is 28.8 Å². The Bertz CT molecular complexity index is 2710. The normalized spacial score (nSPS) is 26.5. The minimum Gasteiger partial charge on any atom is -0.435 e. The number of likely N-dealkylation sites (N-methyl/N-ethyl adjacent to an activating group) is 7. The fourth-order valence-corrected chi connectivity index (χ4v) is 12.9. The van der Waals surface area contributed by atoms with Gasteiger partial charge in [-0.05, 0) is 134 Å². The molecule has 29 nitrogen and oxygen atoms in total. The van der Waals surface area contributed by atoms with Crippen LogP contribution >= 0.6 is 0 Å². The van der Waals surface area contributed by atoms with Crippen LogP contribution in [0.2, 0.25) is 0 Å². The Morgan fingerprint density at radius 3 is 1.50 bits per heavy atom. The maximum absolute atomic E-state index is 15.4. The van der Waals surface area contributed by atoms with Crippen LogP contribution in [0.4, 0.5) is 4.79 Å². The van der Waals surface area contributed by atoms with E-state index in [9.17, 15) is 33.9 Å². The summed E-state index contributed by atoms with van der Waals surface area (Å²) in [6, 6.07) is -14.5. The van der Waals surface area contributed by atoms with E-state index in [4.69, 9.17) is 18.9 Å². The highest BCUT2D eigenvalue weighted by Gasteiger charge is 2.47. The Hall–Kier alpha value is -6.72. The molecule has 0 aromatic heterocycles. The summed E-state index contributed by atoms with van der Waals surface area (Å²) in [6.45, 7) is 32.8. The largest absolute Gasteiger partial charge is 0.508 e. The van der Waals surface area contributed by atoms with Crippen LogP contribution in [0.1, 0.15) is 175 Å². The van der Waals surface area contributed by atoms with Gasteiger partial charge in [0.25, 0.3) is 0 Å². The lowest BCUT2D eigenvalue weighted by atomic mass is 9.90. The number of carbonyl (C=O) groups is 12. The molecular formula is C72H130N12O17. The first-order valence-electron chi connectivity index (χ1n) is 36.6. The van der Waals surface area contributed by atoms with Crippen LogP contribution < -0.4 is 21.3 Å². The number of hydrogen-bond acceptors (Lipinski definition) is 18. The van der Waals surface area contributed by atoms with Crippen molar-refractivity contribution >= 4 is 71.1 Å². The molecule has 0 unspecified atom stereocenters. The van der Waals surface area contributed by atoms with Gasteiger partial charge in [-0.2, -0.15) is 0 Å². The topological polar surface area (TPSA) is 336 Å². The molecule has 11 amide bonds. The van der Waals surface area contributed by atoms with Gasteiger partial charge in [-0.3, -0.25) is 57.6 Å². The van der Waals surface area contributed by atoms with E-state index in [1.807, 2.05) is 41.5 Å². The zero-order valence-corrected chi connectivity index (χ0v) is 65.5. The number of ether oxygens (including phenoxy) is 4. The zero-order chi connectivity index (χ0) is 77.2. The molecule has 5 N–H and O–H groups in total. The van der Waals surface area contributed by atoms with Gasteiger partial charge >= 0.3 is 6.16 Å². The highest BCUT2D eigenvalue weighted by molar-refractivity contribution is 6.00. The molecule has 0 aliphatic carbocycles. The smallest absolute Gasteiger partial charge is 0.435 e. The number of nitrogens with zero attached hydrogens (tertiary/aromatic N) is 8. The molecule has 2 saturated heterocycles. The van der Waals surface area contributed by atoms with Crippen molar-refractivity contribution in [1.82, 2.24) is 60.5 Å². The fraction of sp³-hybridized carbons (Fsp3) is 0.833. The average molecular weight is 1440 g/mol. The minimum atomic E-state index is -1.72. The Morgan fingerprint density at radius 2 is 0.970 bits per heavy atom. The molecule has 2 heterocycles. The summed E-state index contributed by atoms with van der Waals surface area (Å²) in [6.07, 6.45) is -0.786. The van der Waals surface area contributed by atoms with E-state index in [-0.39, 0.29) is 69.7 Å². The number of aliphatic hydroxyl groups excluding tert-OH is 1. The summed E-state index contributed by atoms with van der Waals surface area (Å²) in [5, 5.41) is 23.5. The second-order valence-electron chi connectivity index (χ2n) is 29.7. The molecule has 0 aromatic rings. The third kappa shape index (κ3) is 26.8. The van der Waals surface area contributed by atoms with Gasteiger partial charge < -0.3 is 79.6 Å². The quantitative estimate of drug-likeness (QED) is 0.0682. The molecule has 0 radical (unpaired) electrons. The van der Waals surface area contributed by atoms with Crippen LogP contribution in [0.25, 0.3) is 0 Å². The van der Waals surface area contributed by atoms with E-state index in [1.165, 1.54) is 89.7 Å². The molecule has 2 aliphatic rings. The van der Waals surface area contributed by atoms with E-state index in [0.29, 0.717) is 32.5 Å². The van der Waals surface area contributed by atoms with Crippen LogP contribution in [-0.2, 0) is 71.7 Å². The van der Waals surface area contributed by atoms with Gasteiger partial charge in [0.2, 0.25) is 65.0 Å². The summed E-state index contributed by atoms with van der Waals surface area (Å²) in [7, 11) is 9.78. The third-order valence-electron chi connectivity index (χ3n) is 19.4. The first kappa shape index (κ1) is 90.4. The summed E-state index contributed by atoms with van der Waals surface area (Å²) < 4.78 is 21.9. The maximum atomic E-state index is 15.4. The molecule has 0 aromatic carbocycles. The number of amides is 11. The van der Waals surface area contributed by atoms with Gasteiger partial charge in [0.05, 0.1) is 38.6 Å². The van der Waals surface area contributed by atoms with Gasteiger partial charge in [-0.15, -0.1) is 0 Å². The molecule has 2 fully saturated rings. The second-order valence-corrected chi connectivity index (χ2v) is 29.7. The molecule has 2 rings (SSSR count). The van der Waals surface area contributed by atoms with E-state index in [1.54, 1.807) is 55.4 Å². The van der Waals surface area contributed by atoms with E-state index < -0.39 is 168 Å². The molecule has 0 spiro atoms. The molecular weight excluding hydrogens is 1300 g/mol. The van der Waals surface area contributed by atoms with E-state index in [0.717, 1.165) is 40.8 Å². The summed E-state index contributed by atoms with van der Waals surface area (Å²) in [4.78, 5) is 187. The maximum Gasteiger partial charge on any atom is 0.508 e. The van der Waals surface area contributed by atoms with Crippen molar-refractivity contribution in [3.05, 3.63) is 0 Å². The van der Waals surface area contributed by atoms with Crippen LogP contribution in [0, 0.1) is 35.5 Å². The molecule has 14 atom stereocenters. The first-order chi connectivity index (χ1) is 47.1. The summed E-state index contributed by atoms with van der Waals surface area (Å²) >= 11 is 0. The fourth-order valence-electron chi connectivity index (χ4n) is 12.9. The van der Waals surface area contributed by atoms with Crippen molar-refractivity contribution in [1.29, 1.82) is 0 Å². The van der Waals surface area contributed by atoms with Crippen molar-refractivity contribution in [2.24, 2.45) is 35.5 Å². The number of rotatable bonds is 24. The predicted molar refractivity (Wildman–Crippen MR) is 383 cm³/mol. The summed E-state index contributed by atoms with van der Waals surface area (Å²) in [5.41, 5.74) is 0. The van der Waals surface area contributed by atoms with Gasteiger partial charge in [-0.1, -0.05) is 83.1 Å². The highest BCUT2D eigenvalue weighted by atomic mass is 16.7. The monoisotopic (exact) mass is 1430 g/mol. The molecule has 2 aliphatic heterocycles. The van der Waals surface area contributed by atoms with Crippen molar-refractivity contribution in [2.75, 3.05) is 102 Å². The molecule has 101 heavy (non-hydrogen) atoms. The molecule has 0 saturated carbocycles. The molecule has 0 bridgehead atoms.